The molecule has 0 saturated carbocycles. The van der Waals surface area contributed by atoms with Crippen molar-refractivity contribution in [1.82, 2.24) is 20.4 Å². The van der Waals surface area contributed by atoms with Crippen molar-refractivity contribution in [3.63, 3.8) is 0 Å². The summed E-state index contributed by atoms with van der Waals surface area (Å²) in [5, 5.41) is 6.71. The molecule has 208 valence electrons. The number of rotatable bonds is 7. The van der Waals surface area contributed by atoms with Crippen molar-refractivity contribution >= 4 is 23.8 Å². The van der Waals surface area contributed by atoms with Crippen molar-refractivity contribution < 1.29 is 9.53 Å². The highest BCUT2D eigenvalue weighted by Gasteiger charge is 2.25. The molecule has 1 saturated heterocycles. The number of amidine groups is 1. The number of para-hydroxylation sites is 1. The van der Waals surface area contributed by atoms with Gasteiger partial charge in [-0.05, 0) is 48.4 Å². The molecule has 3 heterocycles. The number of hydrogen-bond donors (Lipinski definition) is 4. The summed E-state index contributed by atoms with van der Waals surface area (Å²) in [6, 6.07) is 17.1. The molecule has 0 aliphatic carbocycles. The predicted octanol–water partition coefficient (Wildman–Crippen LogP) is 2.04. The molecule has 1 unspecified atom stereocenters. The van der Waals surface area contributed by atoms with Gasteiger partial charge in [-0.1, -0.05) is 30.4 Å². The monoisotopic (exact) mass is 540 g/mol. The van der Waals surface area contributed by atoms with Crippen molar-refractivity contribution in [2.75, 3.05) is 45.8 Å². The van der Waals surface area contributed by atoms with Crippen LogP contribution in [0.25, 0.3) is 5.70 Å². The molecule has 1 fully saturated rings. The third kappa shape index (κ3) is 7.03. The Bertz CT molecular complexity index is 1330. The number of carbonyl (C=O) groups is 1. The smallest absolute Gasteiger partial charge is 0.246 e. The molecule has 0 spiro atoms. The van der Waals surface area contributed by atoms with Gasteiger partial charge in [0.05, 0.1) is 12.1 Å². The van der Waals surface area contributed by atoms with Crippen molar-refractivity contribution in [3.05, 3.63) is 89.7 Å². The molecule has 3 aliphatic rings. The number of nitrogens with zero attached hydrogens (tertiary/aromatic N) is 4. The van der Waals surface area contributed by atoms with Crippen LogP contribution in [0.3, 0.4) is 0 Å². The summed E-state index contributed by atoms with van der Waals surface area (Å²) in [6.45, 7) is 5.86. The van der Waals surface area contributed by atoms with Crippen LogP contribution in [0, 0.1) is 0 Å². The van der Waals surface area contributed by atoms with Crippen LogP contribution < -0.4 is 26.8 Å². The van der Waals surface area contributed by atoms with Crippen molar-refractivity contribution in [1.29, 1.82) is 0 Å². The third-order valence-electron chi connectivity index (χ3n) is 6.97. The van der Waals surface area contributed by atoms with Crippen LogP contribution in [0.5, 0.6) is 11.5 Å². The number of nitrogens with two attached hydrogens (primary N) is 2. The van der Waals surface area contributed by atoms with E-state index >= 15 is 0 Å². The third-order valence-corrected chi connectivity index (χ3v) is 6.97. The number of carbonyl (C=O) groups excluding carboxylic acids is 1. The maximum absolute atomic E-state index is 12.9. The summed E-state index contributed by atoms with van der Waals surface area (Å²) >= 11 is 0. The Kier molecular flexibility index (Phi) is 9.02. The summed E-state index contributed by atoms with van der Waals surface area (Å²) in [5.74, 6) is 1.98. The molecule has 0 aromatic heterocycles. The molecular weight excluding hydrogens is 504 g/mol. The van der Waals surface area contributed by atoms with E-state index in [1.54, 1.807) is 6.08 Å². The van der Waals surface area contributed by atoms with Crippen molar-refractivity contribution in [3.8, 4) is 11.5 Å². The lowest BCUT2D eigenvalue weighted by atomic mass is 10.0. The number of amides is 1. The molecule has 0 radical (unpaired) electrons. The fourth-order valence-electron chi connectivity index (χ4n) is 4.79. The SMILES string of the molecule is NC(=C1C(NC2=CCCN(C(=O)/C=C/CN3CCNCC3)C2)=NC=NC1N)c1ccc(Oc2ccccc2)cc1. The largest absolute Gasteiger partial charge is 0.457 e. The Balaban J connectivity index is 1.24. The van der Waals surface area contributed by atoms with Gasteiger partial charge in [0.15, 0.2) is 0 Å². The molecule has 10 nitrogen and oxygen atoms in total. The van der Waals surface area contributed by atoms with E-state index in [-0.39, 0.29) is 5.91 Å². The highest BCUT2D eigenvalue weighted by molar-refractivity contribution is 6.10. The van der Waals surface area contributed by atoms with Gasteiger partial charge in [-0.2, -0.15) is 0 Å². The summed E-state index contributed by atoms with van der Waals surface area (Å²) in [5.41, 5.74) is 15.7. The maximum atomic E-state index is 12.9. The second kappa shape index (κ2) is 13.2. The molecule has 6 N–H and O–H groups in total. The second-order valence-corrected chi connectivity index (χ2v) is 9.81. The minimum Gasteiger partial charge on any atom is -0.457 e. The van der Waals surface area contributed by atoms with Gasteiger partial charge in [-0.15, -0.1) is 0 Å². The number of nitrogens with one attached hydrogen (secondary N) is 2. The van der Waals surface area contributed by atoms with Gasteiger partial charge in [-0.3, -0.25) is 9.69 Å². The highest BCUT2D eigenvalue weighted by atomic mass is 16.5. The fourth-order valence-corrected chi connectivity index (χ4v) is 4.79. The first kappa shape index (κ1) is 27.3. The van der Waals surface area contributed by atoms with Crippen molar-refractivity contribution in [2.24, 2.45) is 21.5 Å². The molecule has 2 aromatic rings. The van der Waals surface area contributed by atoms with E-state index in [0.29, 0.717) is 35.9 Å². The number of hydrogen-bond acceptors (Lipinski definition) is 9. The van der Waals surface area contributed by atoms with Gasteiger partial charge >= 0.3 is 0 Å². The average molecular weight is 541 g/mol. The minimum absolute atomic E-state index is 0.000489. The molecule has 1 atom stereocenters. The van der Waals surface area contributed by atoms with E-state index in [9.17, 15) is 4.79 Å². The Labute approximate surface area is 234 Å². The molecule has 2 aromatic carbocycles. The molecule has 40 heavy (non-hydrogen) atoms. The number of piperazine rings is 1. The minimum atomic E-state index is -0.671. The Hall–Kier alpha value is -4.25. The van der Waals surface area contributed by atoms with Gasteiger partial charge in [0.2, 0.25) is 5.91 Å². The fraction of sp³-hybridized carbons (Fsp3) is 0.300. The summed E-state index contributed by atoms with van der Waals surface area (Å²) in [7, 11) is 0. The van der Waals surface area contributed by atoms with E-state index in [2.05, 4.69) is 31.6 Å². The maximum Gasteiger partial charge on any atom is 0.246 e. The van der Waals surface area contributed by atoms with Crippen LogP contribution in [0.1, 0.15) is 12.0 Å². The molecule has 5 rings (SSSR count). The lowest BCUT2D eigenvalue weighted by Gasteiger charge is -2.29. The van der Waals surface area contributed by atoms with Crippen LogP contribution in [0.15, 0.2) is 94.1 Å². The van der Waals surface area contributed by atoms with Crippen LogP contribution >= 0.6 is 0 Å². The average Bonchev–Trinajstić information content (AvgIpc) is 2.98. The first-order valence-corrected chi connectivity index (χ1v) is 13.6. The zero-order chi connectivity index (χ0) is 27.7. The zero-order valence-electron chi connectivity index (χ0n) is 22.5. The summed E-state index contributed by atoms with van der Waals surface area (Å²) in [6.07, 6.45) is 7.22. The second-order valence-electron chi connectivity index (χ2n) is 9.81. The number of benzene rings is 2. The van der Waals surface area contributed by atoms with E-state index in [0.717, 1.165) is 56.2 Å². The van der Waals surface area contributed by atoms with E-state index in [1.807, 2.05) is 65.6 Å². The predicted molar refractivity (Wildman–Crippen MR) is 159 cm³/mol. The Morgan fingerprint density at radius 2 is 1.82 bits per heavy atom. The lowest BCUT2D eigenvalue weighted by molar-refractivity contribution is -0.125. The lowest BCUT2D eigenvalue weighted by Crippen LogP contribution is -2.43. The number of ether oxygens (including phenoxy) is 1. The summed E-state index contributed by atoms with van der Waals surface area (Å²) < 4.78 is 5.90. The first-order chi connectivity index (χ1) is 19.6. The topological polar surface area (TPSA) is 134 Å². The van der Waals surface area contributed by atoms with Gasteiger partial charge in [0, 0.05) is 56.7 Å². The van der Waals surface area contributed by atoms with Gasteiger partial charge in [-0.25, -0.2) is 9.98 Å². The molecular formula is C30H36N8O2. The van der Waals surface area contributed by atoms with Gasteiger partial charge < -0.3 is 31.7 Å². The molecule has 3 aliphatic heterocycles. The van der Waals surface area contributed by atoms with Crippen LogP contribution in [-0.4, -0.2) is 79.9 Å². The zero-order valence-corrected chi connectivity index (χ0v) is 22.5. The standard InChI is InChI=1S/C30H36N8O2/c31-28(22-10-12-25(13-11-22)40-24-7-2-1-3-8-24)27-29(32)34-21-35-30(27)36-23-6-4-17-38(20-23)26(39)9-5-16-37-18-14-33-15-19-37/h1-3,5-13,21,29,33H,4,14-20,31-32H2,(H,34,35,36)/b9-5+,28-27?. The molecule has 0 bridgehead atoms. The Morgan fingerprint density at radius 1 is 1.07 bits per heavy atom. The Morgan fingerprint density at radius 3 is 2.60 bits per heavy atom. The van der Waals surface area contributed by atoms with Gasteiger partial charge in [0.25, 0.3) is 0 Å². The summed E-state index contributed by atoms with van der Waals surface area (Å²) in [4.78, 5) is 25.7. The van der Waals surface area contributed by atoms with Crippen LogP contribution in [0.4, 0.5) is 0 Å². The first-order valence-electron chi connectivity index (χ1n) is 13.6. The molecule has 10 heteroatoms. The van der Waals surface area contributed by atoms with Crippen LogP contribution in [-0.2, 0) is 4.79 Å². The normalized spacial score (nSPS) is 21.1. The molecule has 1 amide bonds. The van der Waals surface area contributed by atoms with E-state index in [4.69, 9.17) is 16.2 Å². The quantitative estimate of drug-likeness (QED) is 0.395. The highest BCUT2D eigenvalue weighted by Crippen LogP contribution is 2.25. The number of aliphatic imine (C=N–C) groups is 2. The van der Waals surface area contributed by atoms with E-state index < -0.39 is 6.17 Å². The van der Waals surface area contributed by atoms with Gasteiger partial charge in [0.1, 0.15) is 29.8 Å². The van der Waals surface area contributed by atoms with Crippen molar-refractivity contribution in [2.45, 2.75) is 12.6 Å². The van der Waals surface area contributed by atoms with E-state index in [1.165, 1.54) is 6.34 Å². The van der Waals surface area contributed by atoms with Crippen LogP contribution in [0.2, 0.25) is 0 Å².